The number of hydrogen-bond acceptors (Lipinski definition) is 2. The minimum Gasteiger partial charge on any atom is -0.143 e. The van der Waals surface area contributed by atoms with Crippen molar-refractivity contribution < 1.29 is 0 Å². The Hall–Kier alpha value is -0.570. The second-order valence-corrected chi connectivity index (χ2v) is 7.99. The van der Waals surface area contributed by atoms with Crippen LogP contribution in [0, 0.1) is 0 Å². The highest BCUT2D eigenvalue weighted by molar-refractivity contribution is 8.18. The fourth-order valence-electron chi connectivity index (χ4n) is 2.45. The fraction of sp³-hybridized carbons (Fsp3) is 0.250. The van der Waals surface area contributed by atoms with Crippen LogP contribution >= 0.6 is 35.1 Å². The molecule has 1 aliphatic rings. The normalized spacial score (nSPS) is 25.9. The van der Waals surface area contributed by atoms with Crippen molar-refractivity contribution >= 4 is 35.1 Å². The zero-order valence-corrected chi connectivity index (χ0v) is 13.1. The summed E-state index contributed by atoms with van der Waals surface area (Å²) >= 11 is 9.95. The van der Waals surface area contributed by atoms with Crippen LogP contribution < -0.4 is 0 Å². The van der Waals surface area contributed by atoms with Crippen molar-refractivity contribution in [3.8, 4) is 0 Å². The first-order valence-electron chi connectivity index (χ1n) is 6.27. The minimum absolute atomic E-state index is 0.228. The zero-order chi connectivity index (χ0) is 13.3. The monoisotopic (exact) mass is 306 g/mol. The van der Waals surface area contributed by atoms with Crippen LogP contribution in [0.25, 0.3) is 0 Å². The fourth-order valence-corrected chi connectivity index (χ4v) is 5.45. The van der Waals surface area contributed by atoms with Crippen molar-refractivity contribution in [1.82, 2.24) is 0 Å². The summed E-state index contributed by atoms with van der Waals surface area (Å²) in [5, 5.41) is 1.40. The Balaban J connectivity index is 1.78. The van der Waals surface area contributed by atoms with E-state index >= 15 is 0 Å². The van der Waals surface area contributed by atoms with Gasteiger partial charge in [0.05, 0.1) is 4.08 Å². The maximum atomic E-state index is 5.95. The highest BCUT2D eigenvalue weighted by Gasteiger charge is 2.46. The molecule has 0 bridgehead atoms. The SMILES string of the molecule is CS[C@@]1(c2ccccc2)C[C@@H](c2ccc(Cl)cc2)S1. The van der Waals surface area contributed by atoms with Gasteiger partial charge in [-0.1, -0.05) is 54.1 Å². The lowest BCUT2D eigenvalue weighted by Gasteiger charge is -2.46. The molecule has 2 atom stereocenters. The molecule has 2 aromatic rings. The molecule has 0 N–H and O–H groups in total. The average Bonchev–Trinajstić information content (AvgIpc) is 2.41. The molecule has 2 aromatic carbocycles. The lowest BCUT2D eigenvalue weighted by atomic mass is 10.0. The molecule has 3 rings (SSSR count). The van der Waals surface area contributed by atoms with E-state index in [1.54, 1.807) is 0 Å². The van der Waals surface area contributed by atoms with Gasteiger partial charge >= 0.3 is 0 Å². The second kappa shape index (κ2) is 5.43. The summed E-state index contributed by atoms with van der Waals surface area (Å²) in [5.74, 6) is 0. The van der Waals surface area contributed by atoms with Crippen LogP contribution in [-0.4, -0.2) is 6.26 Å². The van der Waals surface area contributed by atoms with Crippen molar-refractivity contribution in [1.29, 1.82) is 0 Å². The van der Waals surface area contributed by atoms with E-state index in [1.807, 2.05) is 23.9 Å². The first-order valence-corrected chi connectivity index (χ1v) is 8.76. The first-order chi connectivity index (χ1) is 9.23. The van der Waals surface area contributed by atoms with Gasteiger partial charge in [-0.3, -0.25) is 0 Å². The van der Waals surface area contributed by atoms with Crippen LogP contribution in [0.15, 0.2) is 54.6 Å². The smallest absolute Gasteiger partial charge is 0.0877 e. The molecular formula is C16H15ClS2. The molecule has 0 unspecified atom stereocenters. The quantitative estimate of drug-likeness (QED) is 0.710. The van der Waals surface area contributed by atoms with Gasteiger partial charge in [-0.15, -0.1) is 23.5 Å². The Morgan fingerprint density at radius 3 is 2.32 bits per heavy atom. The van der Waals surface area contributed by atoms with Gasteiger partial charge in [0.2, 0.25) is 0 Å². The third kappa shape index (κ3) is 2.54. The summed E-state index contributed by atoms with van der Waals surface area (Å²) in [6.07, 6.45) is 3.39. The molecule has 1 fully saturated rings. The van der Waals surface area contributed by atoms with Gasteiger partial charge in [0.1, 0.15) is 0 Å². The third-order valence-electron chi connectivity index (χ3n) is 3.57. The largest absolute Gasteiger partial charge is 0.143 e. The Morgan fingerprint density at radius 1 is 1.11 bits per heavy atom. The molecule has 0 amide bonds. The summed E-state index contributed by atoms with van der Waals surface area (Å²) < 4.78 is 0.228. The maximum Gasteiger partial charge on any atom is 0.0877 e. The molecular weight excluding hydrogens is 292 g/mol. The predicted octanol–water partition coefficient (Wildman–Crippen LogP) is 5.73. The highest BCUT2D eigenvalue weighted by Crippen LogP contribution is 2.66. The van der Waals surface area contributed by atoms with E-state index in [4.69, 9.17) is 11.6 Å². The third-order valence-corrected chi connectivity index (χ3v) is 7.18. The summed E-state index contributed by atoms with van der Waals surface area (Å²) in [4.78, 5) is 0. The Morgan fingerprint density at radius 2 is 1.74 bits per heavy atom. The number of halogens is 1. The van der Waals surface area contributed by atoms with Crippen molar-refractivity contribution in [2.24, 2.45) is 0 Å². The molecule has 19 heavy (non-hydrogen) atoms. The molecule has 0 aliphatic carbocycles. The average molecular weight is 307 g/mol. The minimum atomic E-state index is 0.228. The molecule has 98 valence electrons. The Bertz CT molecular complexity index is 545. The molecule has 0 nitrogen and oxygen atoms in total. The molecule has 1 aliphatic heterocycles. The molecule has 0 radical (unpaired) electrons. The summed E-state index contributed by atoms with van der Waals surface area (Å²) in [7, 11) is 0. The molecule has 1 heterocycles. The van der Waals surface area contributed by atoms with Gasteiger partial charge in [-0.05, 0) is 35.9 Å². The van der Waals surface area contributed by atoms with Gasteiger partial charge in [-0.25, -0.2) is 0 Å². The van der Waals surface area contributed by atoms with Crippen molar-refractivity contribution in [2.45, 2.75) is 15.7 Å². The topological polar surface area (TPSA) is 0 Å². The predicted molar refractivity (Wildman–Crippen MR) is 88.0 cm³/mol. The molecule has 3 heteroatoms. The van der Waals surface area contributed by atoms with Crippen LogP contribution in [-0.2, 0) is 4.08 Å². The lowest BCUT2D eigenvalue weighted by molar-refractivity contribution is 0.675. The molecule has 0 aromatic heterocycles. The van der Waals surface area contributed by atoms with Crippen LogP contribution in [0.3, 0.4) is 0 Å². The van der Waals surface area contributed by atoms with Gasteiger partial charge in [0.25, 0.3) is 0 Å². The highest BCUT2D eigenvalue weighted by atomic mass is 35.5. The van der Waals surface area contributed by atoms with Gasteiger partial charge in [-0.2, -0.15) is 0 Å². The van der Waals surface area contributed by atoms with E-state index < -0.39 is 0 Å². The number of thioether (sulfide) groups is 2. The first kappa shape index (κ1) is 13.4. The van der Waals surface area contributed by atoms with Crippen molar-refractivity contribution in [3.05, 3.63) is 70.7 Å². The standard InChI is InChI=1S/C16H15ClS2/c1-18-16(13-5-3-2-4-6-13)11-15(19-16)12-7-9-14(17)10-8-12/h2-10,15H,11H2,1H3/t15-,16-/m0/s1. The molecule has 1 saturated heterocycles. The Labute approximate surface area is 127 Å². The van der Waals surface area contributed by atoms with Crippen molar-refractivity contribution in [3.63, 3.8) is 0 Å². The van der Waals surface area contributed by atoms with Crippen LogP contribution in [0.4, 0.5) is 0 Å². The zero-order valence-electron chi connectivity index (χ0n) is 10.7. The van der Waals surface area contributed by atoms with E-state index in [0.717, 1.165) is 5.02 Å². The van der Waals surface area contributed by atoms with Crippen LogP contribution in [0.1, 0.15) is 22.8 Å². The van der Waals surface area contributed by atoms with Gasteiger partial charge in [0, 0.05) is 10.3 Å². The van der Waals surface area contributed by atoms with Gasteiger partial charge < -0.3 is 0 Å². The number of benzene rings is 2. The Kier molecular flexibility index (Phi) is 3.84. The maximum absolute atomic E-state index is 5.95. The van der Waals surface area contributed by atoms with E-state index in [0.29, 0.717) is 5.25 Å². The van der Waals surface area contributed by atoms with Gasteiger partial charge in [0.15, 0.2) is 0 Å². The van der Waals surface area contributed by atoms with E-state index in [2.05, 4.69) is 60.5 Å². The van der Waals surface area contributed by atoms with E-state index in [-0.39, 0.29) is 4.08 Å². The summed E-state index contributed by atoms with van der Waals surface area (Å²) in [6, 6.07) is 19.1. The lowest BCUT2D eigenvalue weighted by Crippen LogP contribution is -2.30. The van der Waals surface area contributed by atoms with E-state index in [9.17, 15) is 0 Å². The second-order valence-electron chi connectivity index (χ2n) is 4.69. The van der Waals surface area contributed by atoms with Crippen LogP contribution in [0.2, 0.25) is 5.02 Å². The molecule has 0 spiro atoms. The summed E-state index contributed by atoms with van der Waals surface area (Å²) in [6.45, 7) is 0. The van der Waals surface area contributed by atoms with Crippen LogP contribution in [0.5, 0.6) is 0 Å². The number of rotatable bonds is 3. The van der Waals surface area contributed by atoms with Crippen molar-refractivity contribution in [2.75, 3.05) is 6.26 Å². The molecule has 0 saturated carbocycles. The van der Waals surface area contributed by atoms with E-state index in [1.165, 1.54) is 17.5 Å². The summed E-state index contributed by atoms with van der Waals surface area (Å²) in [5.41, 5.74) is 2.81. The number of hydrogen-bond donors (Lipinski definition) is 0.